The van der Waals surface area contributed by atoms with Gasteiger partial charge in [-0.05, 0) is 55.7 Å². The van der Waals surface area contributed by atoms with Crippen molar-refractivity contribution in [1.29, 1.82) is 5.26 Å². The first-order valence-electron chi connectivity index (χ1n) is 10.9. The number of aromatic nitrogens is 3. The first kappa shape index (κ1) is 20.7. The lowest BCUT2D eigenvalue weighted by molar-refractivity contribution is 0.300. The molecule has 33 heavy (non-hydrogen) atoms. The molecule has 0 bridgehead atoms. The van der Waals surface area contributed by atoms with E-state index >= 15 is 0 Å². The van der Waals surface area contributed by atoms with E-state index in [4.69, 9.17) is 15.2 Å². The van der Waals surface area contributed by atoms with E-state index in [1.807, 2.05) is 25.1 Å². The van der Waals surface area contributed by atoms with Crippen LogP contribution in [0.2, 0.25) is 0 Å². The molecule has 2 aromatic heterocycles. The Morgan fingerprint density at radius 1 is 1.18 bits per heavy atom. The molecule has 0 saturated carbocycles. The van der Waals surface area contributed by atoms with Gasteiger partial charge in [0, 0.05) is 28.4 Å². The van der Waals surface area contributed by atoms with Crippen LogP contribution < -0.4 is 15.2 Å². The van der Waals surface area contributed by atoms with Gasteiger partial charge in [-0.15, -0.1) is 5.10 Å². The number of hydrogen-bond donors (Lipinski definition) is 2. The van der Waals surface area contributed by atoms with Gasteiger partial charge >= 0.3 is 0 Å². The maximum atomic E-state index is 9.91. The van der Waals surface area contributed by atoms with Crippen LogP contribution in [0.4, 0.5) is 0 Å². The van der Waals surface area contributed by atoms with Crippen molar-refractivity contribution in [2.75, 3.05) is 6.61 Å². The molecule has 0 fully saturated rings. The summed E-state index contributed by atoms with van der Waals surface area (Å²) in [5.74, 6) is 1.02. The van der Waals surface area contributed by atoms with Crippen molar-refractivity contribution in [3.8, 4) is 17.7 Å². The van der Waals surface area contributed by atoms with E-state index in [1.54, 1.807) is 0 Å². The fourth-order valence-electron chi connectivity index (χ4n) is 4.47. The van der Waals surface area contributed by atoms with Crippen LogP contribution in [0.15, 0.2) is 60.1 Å². The zero-order valence-corrected chi connectivity index (χ0v) is 18.8. The van der Waals surface area contributed by atoms with Gasteiger partial charge < -0.3 is 19.8 Å². The van der Waals surface area contributed by atoms with Crippen LogP contribution in [0.3, 0.4) is 0 Å². The molecule has 0 spiro atoms. The van der Waals surface area contributed by atoms with Gasteiger partial charge in [-0.2, -0.15) is 5.26 Å². The van der Waals surface area contributed by atoms with Crippen molar-refractivity contribution in [3.05, 3.63) is 88.1 Å². The van der Waals surface area contributed by atoms with Gasteiger partial charge in [-0.1, -0.05) is 24.3 Å². The van der Waals surface area contributed by atoms with Crippen molar-refractivity contribution >= 4 is 10.9 Å². The standard InChI is InChI=1S/C26H25N5O2/c1-15-8-9-18(12-16(15)2)32-11-10-31-14-21(19-6-4-5-7-22(19)31)24-20(13-27)25(28)33-26-23(24)17(3)29-30-26/h4-9,12,14,24H,10-11,28H2,1-3H3,(H,29,30)/t24-/m0/s1. The summed E-state index contributed by atoms with van der Waals surface area (Å²) in [5.41, 5.74) is 12.7. The normalized spacial score (nSPS) is 15.3. The van der Waals surface area contributed by atoms with Crippen LogP contribution in [0.5, 0.6) is 11.6 Å². The van der Waals surface area contributed by atoms with Crippen LogP contribution in [-0.4, -0.2) is 21.4 Å². The Kier molecular flexibility index (Phi) is 5.06. The van der Waals surface area contributed by atoms with Gasteiger partial charge in [0.1, 0.15) is 24.0 Å². The molecule has 2 aromatic carbocycles. The number of nitrogens with zero attached hydrogens (tertiary/aromatic N) is 3. The number of fused-ring (bicyclic) bond motifs is 2. The summed E-state index contributed by atoms with van der Waals surface area (Å²) in [6, 6.07) is 16.6. The molecule has 0 aliphatic carbocycles. The summed E-state index contributed by atoms with van der Waals surface area (Å²) in [5, 5.41) is 18.2. The minimum atomic E-state index is -0.357. The van der Waals surface area contributed by atoms with Gasteiger partial charge in [0.15, 0.2) is 0 Å². The maximum absolute atomic E-state index is 9.91. The molecule has 3 N–H and O–H groups in total. The topological polar surface area (TPSA) is 102 Å². The van der Waals surface area contributed by atoms with Gasteiger partial charge in [0.05, 0.1) is 12.5 Å². The highest BCUT2D eigenvalue weighted by Crippen LogP contribution is 2.45. The molecule has 0 amide bonds. The van der Waals surface area contributed by atoms with E-state index in [0.717, 1.165) is 33.5 Å². The van der Waals surface area contributed by atoms with E-state index in [2.05, 4.69) is 65.1 Å². The van der Waals surface area contributed by atoms with Crippen LogP contribution in [-0.2, 0) is 6.54 Å². The lowest BCUT2D eigenvalue weighted by Crippen LogP contribution is -2.21. The summed E-state index contributed by atoms with van der Waals surface area (Å²) in [6.07, 6.45) is 2.09. The van der Waals surface area contributed by atoms with Crippen LogP contribution in [0, 0.1) is 32.1 Å². The smallest absolute Gasteiger partial charge is 0.244 e. The Morgan fingerprint density at radius 2 is 2.00 bits per heavy atom. The molecule has 7 heteroatoms. The molecule has 3 heterocycles. The summed E-state index contributed by atoms with van der Waals surface area (Å²) < 4.78 is 13.8. The van der Waals surface area contributed by atoms with Crippen molar-refractivity contribution < 1.29 is 9.47 Å². The highest BCUT2D eigenvalue weighted by Gasteiger charge is 2.35. The average molecular weight is 440 g/mol. The Labute approximate surface area is 192 Å². The Balaban J connectivity index is 1.52. The van der Waals surface area contributed by atoms with E-state index < -0.39 is 0 Å². The molecular formula is C26H25N5O2. The highest BCUT2D eigenvalue weighted by molar-refractivity contribution is 5.86. The van der Waals surface area contributed by atoms with E-state index in [-0.39, 0.29) is 11.8 Å². The number of hydrogen-bond acceptors (Lipinski definition) is 5. The quantitative estimate of drug-likeness (QED) is 0.474. The summed E-state index contributed by atoms with van der Waals surface area (Å²) in [4.78, 5) is 0. The minimum Gasteiger partial charge on any atom is -0.492 e. The lowest BCUT2D eigenvalue weighted by Gasteiger charge is -2.23. The number of allylic oxidation sites excluding steroid dienone is 1. The fourth-order valence-corrected chi connectivity index (χ4v) is 4.47. The van der Waals surface area contributed by atoms with Crippen molar-refractivity contribution in [2.24, 2.45) is 5.73 Å². The van der Waals surface area contributed by atoms with Crippen LogP contribution in [0.1, 0.15) is 33.9 Å². The number of nitriles is 1. The number of aryl methyl sites for hydroxylation is 3. The molecule has 166 valence electrons. The molecule has 7 nitrogen and oxygen atoms in total. The summed E-state index contributed by atoms with van der Waals surface area (Å²) in [6.45, 7) is 7.28. The zero-order valence-electron chi connectivity index (χ0n) is 18.8. The first-order chi connectivity index (χ1) is 16.0. The monoisotopic (exact) mass is 439 g/mol. The Hall–Kier alpha value is -4.18. The van der Waals surface area contributed by atoms with Crippen LogP contribution >= 0.6 is 0 Å². The second-order valence-corrected chi connectivity index (χ2v) is 8.38. The van der Waals surface area contributed by atoms with E-state index in [0.29, 0.717) is 24.6 Å². The van der Waals surface area contributed by atoms with Gasteiger partial charge in [-0.25, -0.2) is 0 Å². The number of aromatic amines is 1. The van der Waals surface area contributed by atoms with Gasteiger partial charge in [-0.3, -0.25) is 5.10 Å². The molecule has 0 unspecified atom stereocenters. The average Bonchev–Trinajstić information content (AvgIpc) is 3.36. The molecule has 0 saturated heterocycles. The zero-order chi connectivity index (χ0) is 23.1. The number of ether oxygens (including phenoxy) is 2. The first-order valence-corrected chi connectivity index (χ1v) is 10.9. The van der Waals surface area contributed by atoms with Gasteiger partial charge in [0.25, 0.3) is 0 Å². The Bertz CT molecular complexity index is 1440. The predicted molar refractivity (Wildman–Crippen MR) is 126 cm³/mol. The van der Waals surface area contributed by atoms with Crippen molar-refractivity contribution in [2.45, 2.75) is 33.2 Å². The molecule has 1 atom stereocenters. The Morgan fingerprint density at radius 3 is 2.79 bits per heavy atom. The second-order valence-electron chi connectivity index (χ2n) is 8.38. The molecule has 1 aliphatic rings. The number of benzene rings is 2. The largest absolute Gasteiger partial charge is 0.492 e. The van der Waals surface area contributed by atoms with Gasteiger partial charge in [0.2, 0.25) is 11.8 Å². The lowest BCUT2D eigenvalue weighted by atomic mass is 9.84. The molecule has 1 aliphatic heterocycles. The summed E-state index contributed by atoms with van der Waals surface area (Å²) in [7, 11) is 0. The molecule has 4 aromatic rings. The predicted octanol–water partition coefficient (Wildman–Crippen LogP) is 4.59. The third-order valence-electron chi connectivity index (χ3n) is 6.34. The highest BCUT2D eigenvalue weighted by atomic mass is 16.5. The number of para-hydroxylation sites is 1. The summed E-state index contributed by atoms with van der Waals surface area (Å²) >= 11 is 0. The van der Waals surface area contributed by atoms with E-state index in [1.165, 1.54) is 11.1 Å². The minimum absolute atomic E-state index is 0.0939. The van der Waals surface area contributed by atoms with Crippen molar-refractivity contribution in [1.82, 2.24) is 14.8 Å². The number of nitrogens with two attached hydrogens (primary N) is 1. The third kappa shape index (κ3) is 3.50. The van der Waals surface area contributed by atoms with Crippen LogP contribution in [0.25, 0.3) is 10.9 Å². The number of rotatable bonds is 5. The van der Waals surface area contributed by atoms with E-state index in [9.17, 15) is 5.26 Å². The number of nitrogens with one attached hydrogen (secondary N) is 1. The maximum Gasteiger partial charge on any atom is 0.244 e. The SMILES string of the molecule is Cc1ccc(OCCn2cc([C@@H]3C(C#N)=C(N)Oc4n[nH]c(C)c43)c3ccccc32)cc1C. The third-order valence-corrected chi connectivity index (χ3v) is 6.34. The second kappa shape index (κ2) is 8.06. The molecular weight excluding hydrogens is 414 g/mol. The fraction of sp³-hybridized carbons (Fsp3) is 0.231. The van der Waals surface area contributed by atoms with Crippen molar-refractivity contribution in [3.63, 3.8) is 0 Å². The number of H-pyrrole nitrogens is 1. The molecule has 5 rings (SSSR count). The molecule has 0 radical (unpaired) electrons.